The number of aromatic nitrogens is 3. The molecule has 0 aliphatic carbocycles. The first-order valence-electron chi connectivity index (χ1n) is 6.96. The van der Waals surface area contributed by atoms with Crippen LogP contribution in [0.5, 0.6) is 0 Å². The Morgan fingerprint density at radius 2 is 2.27 bits per heavy atom. The predicted molar refractivity (Wildman–Crippen MR) is 80.2 cm³/mol. The van der Waals surface area contributed by atoms with Gasteiger partial charge in [0.25, 0.3) is 5.91 Å². The smallest absolute Gasteiger partial charge is 0.251 e. The first-order chi connectivity index (χ1) is 10.7. The fraction of sp³-hybridized carbons (Fsp3) is 0.188. The van der Waals surface area contributed by atoms with Gasteiger partial charge in [-0.15, -0.1) is 0 Å². The fourth-order valence-corrected chi connectivity index (χ4v) is 2.18. The normalized spacial score (nSPS) is 10.6. The lowest BCUT2D eigenvalue weighted by molar-refractivity contribution is 0.0950. The summed E-state index contributed by atoms with van der Waals surface area (Å²) in [6, 6.07) is 9.33. The van der Waals surface area contributed by atoms with Gasteiger partial charge in [0, 0.05) is 30.6 Å². The summed E-state index contributed by atoms with van der Waals surface area (Å²) in [7, 11) is 0. The number of nitrogens with zero attached hydrogens (tertiary/aromatic N) is 3. The molecule has 0 unspecified atom stereocenters. The van der Waals surface area contributed by atoms with Crippen molar-refractivity contribution in [2.24, 2.45) is 0 Å². The maximum atomic E-state index is 12.2. The van der Waals surface area contributed by atoms with Gasteiger partial charge in [0.2, 0.25) is 0 Å². The molecule has 2 heterocycles. The van der Waals surface area contributed by atoms with Crippen LogP contribution in [0.25, 0.3) is 0 Å². The quantitative estimate of drug-likeness (QED) is 0.783. The molecule has 2 aromatic heterocycles. The van der Waals surface area contributed by atoms with Gasteiger partial charge in [-0.1, -0.05) is 17.3 Å². The van der Waals surface area contributed by atoms with E-state index in [-0.39, 0.29) is 5.91 Å². The molecule has 0 radical (unpaired) electrons. The number of nitrogens with one attached hydrogen (secondary N) is 1. The van der Waals surface area contributed by atoms with E-state index in [0.29, 0.717) is 24.3 Å². The molecule has 0 fully saturated rings. The highest BCUT2D eigenvalue weighted by Crippen LogP contribution is 2.08. The lowest BCUT2D eigenvalue weighted by Gasteiger charge is -2.06. The minimum Gasteiger partial charge on any atom is -0.361 e. The summed E-state index contributed by atoms with van der Waals surface area (Å²) in [4.78, 5) is 16.2. The number of carbonyl (C=O) groups excluding carboxylic acids is 1. The highest BCUT2D eigenvalue weighted by molar-refractivity contribution is 5.94. The van der Waals surface area contributed by atoms with Gasteiger partial charge in [-0.05, 0) is 24.6 Å². The molecule has 1 aromatic carbocycles. The van der Waals surface area contributed by atoms with E-state index in [9.17, 15) is 4.79 Å². The predicted octanol–water partition coefficient (Wildman–Crippen LogP) is 2.16. The summed E-state index contributed by atoms with van der Waals surface area (Å²) < 4.78 is 6.92. The lowest BCUT2D eigenvalue weighted by Crippen LogP contribution is -2.23. The van der Waals surface area contributed by atoms with Crippen molar-refractivity contribution in [3.63, 3.8) is 0 Å². The number of imidazole rings is 1. The number of hydrogen-bond donors (Lipinski definition) is 1. The molecule has 0 aliphatic heterocycles. The molecule has 1 amide bonds. The summed E-state index contributed by atoms with van der Waals surface area (Å²) in [5.74, 6) is 0.597. The van der Waals surface area contributed by atoms with Gasteiger partial charge in [0.05, 0.1) is 12.9 Å². The van der Waals surface area contributed by atoms with Crippen molar-refractivity contribution >= 4 is 5.91 Å². The molecule has 3 aromatic rings. The van der Waals surface area contributed by atoms with E-state index in [1.807, 2.05) is 35.9 Å². The monoisotopic (exact) mass is 296 g/mol. The lowest BCUT2D eigenvalue weighted by atomic mass is 10.1. The second-order valence-corrected chi connectivity index (χ2v) is 5.05. The largest absolute Gasteiger partial charge is 0.361 e. The van der Waals surface area contributed by atoms with Crippen molar-refractivity contribution in [1.82, 2.24) is 20.0 Å². The third kappa shape index (κ3) is 3.41. The Hall–Kier alpha value is -2.89. The zero-order valence-corrected chi connectivity index (χ0v) is 12.2. The number of hydrogen-bond acceptors (Lipinski definition) is 4. The number of benzene rings is 1. The van der Waals surface area contributed by atoms with Gasteiger partial charge in [0.15, 0.2) is 0 Å². The second kappa shape index (κ2) is 6.26. The Morgan fingerprint density at radius 3 is 3.00 bits per heavy atom. The van der Waals surface area contributed by atoms with Gasteiger partial charge in [-0.25, -0.2) is 4.98 Å². The Balaban J connectivity index is 1.64. The van der Waals surface area contributed by atoms with Gasteiger partial charge in [-0.3, -0.25) is 4.79 Å². The van der Waals surface area contributed by atoms with E-state index in [1.165, 1.54) is 0 Å². The van der Waals surface area contributed by atoms with Crippen LogP contribution in [0.3, 0.4) is 0 Å². The van der Waals surface area contributed by atoms with Crippen LogP contribution < -0.4 is 5.32 Å². The van der Waals surface area contributed by atoms with Gasteiger partial charge in [0.1, 0.15) is 11.5 Å². The maximum absolute atomic E-state index is 12.2. The van der Waals surface area contributed by atoms with E-state index >= 15 is 0 Å². The zero-order valence-electron chi connectivity index (χ0n) is 12.2. The number of aryl methyl sites for hydroxylation is 1. The van der Waals surface area contributed by atoms with Crippen LogP contribution in [0, 0.1) is 6.92 Å². The Morgan fingerprint density at radius 1 is 1.36 bits per heavy atom. The van der Waals surface area contributed by atoms with E-state index in [4.69, 9.17) is 4.52 Å². The summed E-state index contributed by atoms with van der Waals surface area (Å²) >= 11 is 0. The molecule has 112 valence electrons. The van der Waals surface area contributed by atoms with Crippen LogP contribution >= 0.6 is 0 Å². The maximum Gasteiger partial charge on any atom is 0.251 e. The van der Waals surface area contributed by atoms with Crippen LogP contribution in [0.1, 0.15) is 27.4 Å². The van der Waals surface area contributed by atoms with Crippen LogP contribution in [0.2, 0.25) is 0 Å². The van der Waals surface area contributed by atoms with Gasteiger partial charge < -0.3 is 14.4 Å². The van der Waals surface area contributed by atoms with Crippen molar-refractivity contribution in [2.75, 3.05) is 0 Å². The standard InChI is InChI=1S/C16H16N4O2/c1-12-7-15(19-22-12)9-18-16(21)14-4-2-3-13(8-14)10-20-6-5-17-11-20/h2-8,11H,9-10H2,1H3,(H,18,21). The van der Waals surface area contributed by atoms with E-state index < -0.39 is 0 Å². The molecule has 6 heteroatoms. The highest BCUT2D eigenvalue weighted by Gasteiger charge is 2.08. The van der Waals surface area contributed by atoms with E-state index in [2.05, 4.69) is 15.5 Å². The Bertz CT molecular complexity index is 762. The summed E-state index contributed by atoms with van der Waals surface area (Å²) in [6.07, 6.45) is 5.37. The third-order valence-electron chi connectivity index (χ3n) is 3.22. The van der Waals surface area contributed by atoms with Crippen molar-refractivity contribution < 1.29 is 9.32 Å². The first-order valence-corrected chi connectivity index (χ1v) is 6.96. The molecule has 22 heavy (non-hydrogen) atoms. The molecule has 0 bridgehead atoms. The van der Waals surface area contributed by atoms with Crippen LogP contribution in [0.15, 0.2) is 53.6 Å². The molecule has 0 spiro atoms. The summed E-state index contributed by atoms with van der Waals surface area (Å²) in [5.41, 5.74) is 2.38. The zero-order chi connectivity index (χ0) is 15.4. The third-order valence-corrected chi connectivity index (χ3v) is 3.22. The molecule has 0 atom stereocenters. The average molecular weight is 296 g/mol. The number of carbonyl (C=O) groups is 1. The minimum atomic E-state index is -0.131. The highest BCUT2D eigenvalue weighted by atomic mass is 16.5. The second-order valence-electron chi connectivity index (χ2n) is 5.05. The molecule has 3 rings (SSSR count). The van der Waals surface area contributed by atoms with Crippen molar-refractivity contribution in [2.45, 2.75) is 20.0 Å². The first kappa shape index (κ1) is 14.1. The molecule has 1 N–H and O–H groups in total. The van der Waals surface area contributed by atoms with Crippen molar-refractivity contribution in [3.8, 4) is 0 Å². The molecule has 0 saturated carbocycles. The van der Waals surface area contributed by atoms with Crippen molar-refractivity contribution in [1.29, 1.82) is 0 Å². The molecular weight excluding hydrogens is 280 g/mol. The number of rotatable bonds is 5. The number of amides is 1. The van der Waals surface area contributed by atoms with Crippen LogP contribution in [-0.4, -0.2) is 20.6 Å². The SMILES string of the molecule is Cc1cc(CNC(=O)c2cccc(Cn3ccnc3)c2)no1. The Labute approximate surface area is 127 Å². The van der Waals surface area contributed by atoms with Gasteiger partial charge >= 0.3 is 0 Å². The minimum absolute atomic E-state index is 0.131. The Kier molecular flexibility index (Phi) is 4.00. The molecular formula is C16H16N4O2. The molecule has 0 aliphatic rings. The fourth-order valence-electron chi connectivity index (χ4n) is 2.18. The van der Waals surface area contributed by atoms with Crippen molar-refractivity contribution in [3.05, 3.63) is 71.6 Å². The summed E-state index contributed by atoms with van der Waals surface area (Å²) in [5, 5.41) is 6.68. The summed E-state index contributed by atoms with van der Waals surface area (Å²) in [6.45, 7) is 2.85. The van der Waals surface area contributed by atoms with Crippen LogP contribution in [-0.2, 0) is 13.1 Å². The van der Waals surface area contributed by atoms with E-state index in [0.717, 1.165) is 11.3 Å². The molecule has 0 saturated heterocycles. The topological polar surface area (TPSA) is 73.0 Å². The van der Waals surface area contributed by atoms with Crippen LogP contribution in [0.4, 0.5) is 0 Å². The molecule has 6 nitrogen and oxygen atoms in total. The average Bonchev–Trinajstić information content (AvgIpc) is 3.17. The van der Waals surface area contributed by atoms with Gasteiger partial charge in [-0.2, -0.15) is 0 Å². The van der Waals surface area contributed by atoms with E-state index in [1.54, 1.807) is 24.7 Å².